The van der Waals surface area contributed by atoms with Gasteiger partial charge < -0.3 is 0 Å². The van der Waals surface area contributed by atoms with E-state index < -0.39 is 0 Å². The van der Waals surface area contributed by atoms with Gasteiger partial charge in [0.05, 0.1) is 17.7 Å². The summed E-state index contributed by atoms with van der Waals surface area (Å²) in [5.74, 6) is 6.97. The van der Waals surface area contributed by atoms with Gasteiger partial charge in [-0.25, -0.2) is 0 Å². The molecule has 0 N–H and O–H groups in total. The molecule has 0 unspecified atom stereocenters. The Labute approximate surface area is 49.9 Å². The van der Waals surface area contributed by atoms with Gasteiger partial charge in [-0.1, -0.05) is 6.42 Å². The van der Waals surface area contributed by atoms with Gasteiger partial charge in [0, 0.05) is 6.92 Å². The number of terminal acetylenes is 1. The topological polar surface area (TPSA) is 0 Å². The van der Waals surface area contributed by atoms with Crippen molar-refractivity contribution in [2.75, 3.05) is 0 Å². The molecular weight excluding hydrogens is 96.1 g/mol. The third kappa shape index (κ3) is 4.55. The van der Waals surface area contributed by atoms with Crippen LogP contribution in [0.15, 0.2) is 11.8 Å². The zero-order valence-electron chi connectivity index (χ0n) is 4.65. The predicted octanol–water partition coefficient (Wildman–Crippen LogP) is 1.16. The fourth-order valence-corrected chi connectivity index (χ4v) is 0.176. The van der Waals surface area contributed by atoms with E-state index in [9.17, 15) is 0 Å². The Kier molecular flexibility index (Phi) is 4.54. The number of hydrogen-bond donors (Lipinski definition) is 0. The predicted molar refractivity (Wildman–Crippen MR) is 33.6 cm³/mol. The Morgan fingerprint density at radius 1 is 1.62 bits per heavy atom. The summed E-state index contributed by atoms with van der Waals surface area (Å²) in [6.45, 7) is 1.84. The first kappa shape index (κ1) is 6.55. The van der Waals surface area contributed by atoms with Crippen LogP contribution in [0.4, 0.5) is 0 Å². The Morgan fingerprint density at radius 2 is 2.38 bits per heavy atom. The molecule has 8 heavy (non-hydrogen) atoms. The smallest absolute Gasteiger partial charge is 0.0900 e. The highest BCUT2D eigenvalue weighted by molar-refractivity contribution is 5.24. The number of hydrogen-bond acceptors (Lipinski definition) is 0. The minimum absolute atomic E-state index is 1.71. The average molecular weight is 101 g/mol. The largest absolute Gasteiger partial charge is 0.162 e. The van der Waals surface area contributed by atoms with Crippen LogP contribution < -0.4 is 0 Å². The normalized spacial score (nSPS) is 4.00. The van der Waals surface area contributed by atoms with Crippen LogP contribution in [-0.2, 0) is 0 Å². The molecule has 0 aromatic rings. The molecule has 0 amide bonds. The van der Waals surface area contributed by atoms with Gasteiger partial charge in [-0.3, -0.25) is 0 Å². The molecule has 0 rings (SSSR count). The standard InChI is InChI=1S/C8H5/c1-3-5-7-8-6-4-2/h1,4H,2H3/q+1. The minimum atomic E-state index is 1.71. The van der Waals surface area contributed by atoms with E-state index >= 15 is 0 Å². The van der Waals surface area contributed by atoms with Gasteiger partial charge in [-0.2, -0.15) is 0 Å². The Hall–Kier alpha value is -1.45. The zero-order chi connectivity index (χ0) is 6.24. The maximum Gasteiger partial charge on any atom is 0.162 e. The molecule has 0 heteroatoms. The summed E-state index contributed by atoms with van der Waals surface area (Å²) in [6, 6.07) is 0. The van der Waals surface area contributed by atoms with Gasteiger partial charge >= 0.3 is 0 Å². The maximum absolute atomic E-state index is 4.81. The van der Waals surface area contributed by atoms with Crippen molar-refractivity contribution >= 4 is 0 Å². The summed E-state index contributed by atoms with van der Waals surface area (Å²) >= 11 is 0. The summed E-state index contributed by atoms with van der Waals surface area (Å²) in [4.78, 5) is 0. The lowest BCUT2D eigenvalue weighted by Gasteiger charge is -1.39. The summed E-state index contributed by atoms with van der Waals surface area (Å²) < 4.78 is 0. The van der Waals surface area contributed by atoms with Gasteiger partial charge in [0.25, 0.3) is 0 Å². The zero-order valence-corrected chi connectivity index (χ0v) is 4.65. The molecule has 0 heterocycles. The quantitative estimate of drug-likeness (QED) is 0.244. The first-order chi connectivity index (χ1) is 3.91. The van der Waals surface area contributed by atoms with E-state index in [4.69, 9.17) is 6.42 Å². The second-order valence-corrected chi connectivity index (χ2v) is 0.952. The van der Waals surface area contributed by atoms with E-state index in [2.05, 4.69) is 29.6 Å². The molecule has 0 nitrogen and oxygen atoms in total. The Bertz CT molecular complexity index is 196. The third-order valence-corrected chi connectivity index (χ3v) is 0.414. The van der Waals surface area contributed by atoms with E-state index in [-0.39, 0.29) is 0 Å². The van der Waals surface area contributed by atoms with Gasteiger partial charge in [0.2, 0.25) is 0 Å². The number of allylic oxidation sites excluding steroid dienone is 1. The van der Waals surface area contributed by atoms with Crippen LogP contribution in [0.25, 0.3) is 0 Å². The highest BCUT2D eigenvalue weighted by atomic mass is 13.5. The molecule has 0 bridgehead atoms. The lowest BCUT2D eigenvalue weighted by Crippen LogP contribution is -1.45. The molecule has 0 aliphatic rings. The second kappa shape index (κ2) is 5.55. The van der Waals surface area contributed by atoms with Gasteiger partial charge in [0.15, 0.2) is 17.9 Å². The van der Waals surface area contributed by atoms with Crippen LogP contribution in [-0.4, -0.2) is 0 Å². The SMILES string of the molecule is C#CC#C[C+]=C=CC. The molecule has 0 atom stereocenters. The van der Waals surface area contributed by atoms with Crippen LogP contribution >= 0.6 is 0 Å². The first-order valence-electron chi connectivity index (χ1n) is 2.15. The summed E-state index contributed by atoms with van der Waals surface area (Å²) in [5, 5.41) is 0. The number of rotatable bonds is 0. The lowest BCUT2D eigenvalue weighted by molar-refractivity contribution is 1.76. The van der Waals surface area contributed by atoms with Gasteiger partial charge in [-0.05, 0) is 0 Å². The molecule has 0 aliphatic heterocycles. The molecule has 0 fully saturated rings. The van der Waals surface area contributed by atoms with Crippen molar-refractivity contribution in [3.63, 3.8) is 0 Å². The van der Waals surface area contributed by atoms with Crippen molar-refractivity contribution in [3.8, 4) is 24.2 Å². The molecule has 0 saturated carbocycles. The van der Waals surface area contributed by atoms with Gasteiger partial charge in [-0.15, -0.1) is 0 Å². The van der Waals surface area contributed by atoms with Crippen LogP contribution in [0.1, 0.15) is 6.92 Å². The van der Waals surface area contributed by atoms with E-state index in [0.717, 1.165) is 0 Å². The van der Waals surface area contributed by atoms with E-state index in [1.807, 2.05) is 6.92 Å². The van der Waals surface area contributed by atoms with Crippen LogP contribution in [0.3, 0.4) is 0 Å². The molecule has 0 radical (unpaired) electrons. The third-order valence-electron chi connectivity index (χ3n) is 0.414. The highest BCUT2D eigenvalue weighted by Crippen LogP contribution is 1.59. The van der Waals surface area contributed by atoms with Crippen LogP contribution in [0.2, 0.25) is 0 Å². The van der Waals surface area contributed by atoms with Crippen LogP contribution in [0, 0.1) is 30.3 Å². The average Bonchev–Trinajstić information content (AvgIpc) is 1.81. The van der Waals surface area contributed by atoms with Crippen molar-refractivity contribution in [2.24, 2.45) is 0 Å². The van der Waals surface area contributed by atoms with Crippen molar-refractivity contribution < 1.29 is 0 Å². The van der Waals surface area contributed by atoms with E-state index in [0.29, 0.717) is 0 Å². The van der Waals surface area contributed by atoms with Crippen molar-refractivity contribution in [1.29, 1.82) is 0 Å². The summed E-state index contributed by atoms with van der Waals surface area (Å²) in [6.07, 6.45) is 9.05. The van der Waals surface area contributed by atoms with Crippen LogP contribution in [0.5, 0.6) is 0 Å². The Morgan fingerprint density at radius 3 is 2.88 bits per heavy atom. The van der Waals surface area contributed by atoms with Crippen molar-refractivity contribution in [2.45, 2.75) is 6.92 Å². The molecule has 0 aromatic heterocycles. The van der Waals surface area contributed by atoms with E-state index in [1.165, 1.54) is 0 Å². The molecule has 0 aromatic carbocycles. The maximum atomic E-state index is 4.81. The summed E-state index contributed by atoms with van der Waals surface area (Å²) in [7, 11) is 0. The molecule has 0 saturated heterocycles. The molecule has 0 spiro atoms. The monoisotopic (exact) mass is 101 g/mol. The fourth-order valence-electron chi connectivity index (χ4n) is 0.176. The Balaban J connectivity index is 3.81. The second-order valence-electron chi connectivity index (χ2n) is 0.952. The first-order valence-corrected chi connectivity index (χ1v) is 2.15. The van der Waals surface area contributed by atoms with Crippen molar-refractivity contribution in [1.82, 2.24) is 0 Å². The highest BCUT2D eigenvalue weighted by Gasteiger charge is 1.63. The molecular formula is C8H5+. The van der Waals surface area contributed by atoms with E-state index in [1.54, 1.807) is 6.08 Å². The molecule has 0 aliphatic carbocycles. The summed E-state index contributed by atoms with van der Waals surface area (Å²) in [5.41, 5.74) is 2.64. The minimum Gasteiger partial charge on any atom is -0.0900 e. The molecule has 36 valence electrons. The lowest BCUT2D eigenvalue weighted by atomic mass is 10.5. The van der Waals surface area contributed by atoms with Gasteiger partial charge in [0.1, 0.15) is 0 Å². The van der Waals surface area contributed by atoms with Crippen molar-refractivity contribution in [3.05, 3.63) is 17.9 Å². The fraction of sp³-hybridized carbons (Fsp3) is 0.125.